The number of anilines is 6. The molecule has 0 bridgehead atoms. The van der Waals surface area contributed by atoms with Crippen molar-refractivity contribution < 1.29 is 0 Å². The van der Waals surface area contributed by atoms with Crippen molar-refractivity contribution in [2.75, 3.05) is 9.80 Å². The first kappa shape index (κ1) is 36.6. The van der Waals surface area contributed by atoms with Gasteiger partial charge in [0.2, 0.25) is 0 Å². The quantitative estimate of drug-likeness (QED) is 0.141. The van der Waals surface area contributed by atoms with Crippen molar-refractivity contribution in [2.45, 2.75) is 5.41 Å². The Hall–Kier alpha value is -8.20. The minimum absolute atomic E-state index is 0.687. The lowest BCUT2D eigenvalue weighted by atomic mass is 9.66. The third-order valence-electron chi connectivity index (χ3n) is 13.0. The average molecular weight is 803 g/mol. The number of para-hydroxylation sites is 4. The number of rotatable bonds is 8. The average Bonchev–Trinajstić information content (AvgIpc) is 3.68. The van der Waals surface area contributed by atoms with E-state index in [9.17, 15) is 0 Å². The van der Waals surface area contributed by atoms with Crippen LogP contribution in [0.15, 0.2) is 255 Å². The normalized spacial score (nSPS) is 12.6. The summed E-state index contributed by atoms with van der Waals surface area (Å²) in [5.74, 6) is 0. The topological polar surface area (TPSA) is 6.48 Å². The maximum atomic E-state index is 2.53. The summed E-state index contributed by atoms with van der Waals surface area (Å²) in [5.41, 5.74) is 13.7. The van der Waals surface area contributed by atoms with Gasteiger partial charge in [-0.05, 0) is 127 Å². The Morgan fingerprint density at radius 2 is 0.651 bits per heavy atom. The number of benzene rings is 11. The van der Waals surface area contributed by atoms with Crippen LogP contribution in [0, 0.1) is 0 Å². The molecule has 0 spiro atoms. The Morgan fingerprint density at radius 1 is 0.254 bits per heavy atom. The molecule has 1 aliphatic carbocycles. The molecule has 0 aliphatic heterocycles. The van der Waals surface area contributed by atoms with Crippen LogP contribution in [0.2, 0.25) is 0 Å². The highest BCUT2D eigenvalue weighted by Gasteiger charge is 2.49. The Balaban J connectivity index is 1.26. The molecule has 0 N–H and O–H groups in total. The van der Waals surface area contributed by atoms with Crippen LogP contribution >= 0.6 is 0 Å². The van der Waals surface area contributed by atoms with Crippen LogP contribution in [0.4, 0.5) is 34.1 Å². The molecule has 0 atom stereocenters. The summed E-state index contributed by atoms with van der Waals surface area (Å²) in [7, 11) is 0. The molecule has 0 radical (unpaired) electrons. The fourth-order valence-corrected chi connectivity index (χ4v) is 10.5. The summed E-state index contributed by atoms with van der Waals surface area (Å²) in [5, 5.41) is 7.39. The number of hydrogen-bond donors (Lipinski definition) is 0. The van der Waals surface area contributed by atoms with Gasteiger partial charge in [0.15, 0.2) is 0 Å². The first-order valence-electron chi connectivity index (χ1n) is 21.8. The highest BCUT2D eigenvalue weighted by Crippen LogP contribution is 2.63. The van der Waals surface area contributed by atoms with Crippen molar-refractivity contribution >= 4 is 66.4 Å². The van der Waals surface area contributed by atoms with E-state index in [4.69, 9.17) is 0 Å². The molecule has 296 valence electrons. The molecule has 0 heterocycles. The van der Waals surface area contributed by atoms with E-state index in [-0.39, 0.29) is 0 Å². The largest absolute Gasteiger partial charge is 0.310 e. The molecule has 2 nitrogen and oxygen atoms in total. The SMILES string of the molecule is c1ccc(N(c2ccccc2)c2ccc3c4c(c5ccccc5c3c2)-c2c(cc(N(c3ccccc3)c3ccccc3)c3ccccc23)C4(c2ccccc2)c2ccccc2)cc1. The van der Waals surface area contributed by atoms with E-state index in [1.807, 2.05) is 0 Å². The minimum atomic E-state index is -0.687. The predicted molar refractivity (Wildman–Crippen MR) is 266 cm³/mol. The van der Waals surface area contributed by atoms with Gasteiger partial charge in [0, 0.05) is 33.8 Å². The Labute approximate surface area is 368 Å². The van der Waals surface area contributed by atoms with Gasteiger partial charge in [0.05, 0.1) is 11.1 Å². The molecular weight excluding hydrogens is 761 g/mol. The van der Waals surface area contributed by atoms with Crippen molar-refractivity contribution in [2.24, 2.45) is 0 Å². The summed E-state index contributed by atoms with van der Waals surface area (Å²) in [6, 6.07) is 93.4. The van der Waals surface area contributed by atoms with Crippen LogP contribution in [-0.4, -0.2) is 0 Å². The maximum Gasteiger partial charge on any atom is 0.0720 e. The number of fused-ring (bicyclic) bond motifs is 10. The minimum Gasteiger partial charge on any atom is -0.310 e. The van der Waals surface area contributed by atoms with Gasteiger partial charge in [0.1, 0.15) is 0 Å². The van der Waals surface area contributed by atoms with Gasteiger partial charge in [-0.15, -0.1) is 0 Å². The first-order valence-corrected chi connectivity index (χ1v) is 21.8. The highest BCUT2D eigenvalue weighted by atomic mass is 15.1. The molecule has 0 aromatic heterocycles. The van der Waals surface area contributed by atoms with Crippen LogP contribution in [0.5, 0.6) is 0 Å². The molecule has 2 heteroatoms. The van der Waals surface area contributed by atoms with E-state index < -0.39 is 5.41 Å². The Kier molecular flexibility index (Phi) is 8.76. The van der Waals surface area contributed by atoms with E-state index in [0.29, 0.717) is 0 Å². The number of hydrogen-bond acceptors (Lipinski definition) is 2. The van der Waals surface area contributed by atoms with Gasteiger partial charge >= 0.3 is 0 Å². The smallest absolute Gasteiger partial charge is 0.0720 e. The molecule has 0 fully saturated rings. The zero-order chi connectivity index (χ0) is 41.7. The second-order valence-corrected chi connectivity index (χ2v) is 16.4. The van der Waals surface area contributed by atoms with Crippen molar-refractivity contribution in [1.29, 1.82) is 0 Å². The lowest BCUT2D eigenvalue weighted by Crippen LogP contribution is -2.29. The van der Waals surface area contributed by atoms with Crippen molar-refractivity contribution in [3.05, 3.63) is 277 Å². The summed E-state index contributed by atoms with van der Waals surface area (Å²) in [6.45, 7) is 0. The number of nitrogens with zero attached hydrogens (tertiary/aromatic N) is 2. The third-order valence-corrected chi connectivity index (χ3v) is 13.0. The predicted octanol–water partition coefficient (Wildman–Crippen LogP) is 16.4. The monoisotopic (exact) mass is 802 g/mol. The van der Waals surface area contributed by atoms with Crippen molar-refractivity contribution in [1.82, 2.24) is 0 Å². The van der Waals surface area contributed by atoms with Crippen molar-refractivity contribution in [3.63, 3.8) is 0 Å². The standard InChI is InChI=1S/C61H42N2/c1-7-23-43(24-8-1)61(44-25-9-2-10-26-44)56-42-57(63(47-31-15-5-16-32-47)48-33-17-6-18-34-48)51-36-20-22-38-53(51)58(56)59-52-37-21-19-35-50(52)55-41-49(39-40-54(55)60(59)61)62(45-27-11-3-12-28-45)46-29-13-4-14-30-46/h1-42H. The van der Waals surface area contributed by atoms with Gasteiger partial charge in [-0.1, -0.05) is 188 Å². The highest BCUT2D eigenvalue weighted by molar-refractivity contribution is 6.24. The van der Waals surface area contributed by atoms with Crippen LogP contribution in [0.25, 0.3) is 43.4 Å². The molecule has 11 aromatic carbocycles. The first-order chi connectivity index (χ1) is 31.3. The van der Waals surface area contributed by atoms with Gasteiger partial charge < -0.3 is 9.80 Å². The summed E-state index contributed by atoms with van der Waals surface area (Å²) in [6.07, 6.45) is 0. The lowest BCUT2D eigenvalue weighted by Gasteiger charge is -2.36. The molecule has 0 saturated carbocycles. The van der Waals surface area contributed by atoms with Gasteiger partial charge in [-0.2, -0.15) is 0 Å². The fourth-order valence-electron chi connectivity index (χ4n) is 10.5. The lowest BCUT2D eigenvalue weighted by molar-refractivity contribution is 0.776. The third kappa shape index (κ3) is 5.72. The van der Waals surface area contributed by atoms with Crippen molar-refractivity contribution in [3.8, 4) is 11.1 Å². The van der Waals surface area contributed by atoms with Crippen LogP contribution in [-0.2, 0) is 5.41 Å². The molecule has 1 aliphatic rings. The molecule has 11 aromatic rings. The maximum absolute atomic E-state index is 2.53. The Morgan fingerprint density at radius 3 is 1.14 bits per heavy atom. The zero-order valence-electron chi connectivity index (χ0n) is 34.6. The van der Waals surface area contributed by atoms with Crippen LogP contribution < -0.4 is 9.80 Å². The van der Waals surface area contributed by atoms with E-state index in [1.54, 1.807) is 0 Å². The molecule has 0 saturated heterocycles. The molecule has 63 heavy (non-hydrogen) atoms. The molecule has 0 unspecified atom stereocenters. The Bertz CT molecular complexity index is 3310. The fraction of sp³-hybridized carbons (Fsp3) is 0.0164. The van der Waals surface area contributed by atoms with Gasteiger partial charge in [0.25, 0.3) is 0 Å². The van der Waals surface area contributed by atoms with Gasteiger partial charge in [-0.3, -0.25) is 0 Å². The van der Waals surface area contributed by atoms with Crippen LogP contribution in [0.1, 0.15) is 22.3 Å². The van der Waals surface area contributed by atoms with E-state index >= 15 is 0 Å². The van der Waals surface area contributed by atoms with Gasteiger partial charge in [-0.25, -0.2) is 0 Å². The zero-order valence-corrected chi connectivity index (χ0v) is 34.6. The summed E-state index contributed by atoms with van der Waals surface area (Å²) < 4.78 is 0. The summed E-state index contributed by atoms with van der Waals surface area (Å²) >= 11 is 0. The second-order valence-electron chi connectivity index (χ2n) is 16.4. The molecular formula is C61H42N2. The molecule has 0 amide bonds. The van der Waals surface area contributed by atoms with Crippen LogP contribution in [0.3, 0.4) is 0 Å². The van der Waals surface area contributed by atoms with E-state index in [1.165, 1.54) is 65.7 Å². The second kappa shape index (κ2) is 15.1. The molecule has 12 rings (SSSR count). The van der Waals surface area contributed by atoms with E-state index in [0.717, 1.165) is 34.1 Å². The summed E-state index contributed by atoms with van der Waals surface area (Å²) in [4.78, 5) is 4.82. The van der Waals surface area contributed by atoms with E-state index in [2.05, 4.69) is 265 Å².